The Labute approximate surface area is 99.1 Å². The summed E-state index contributed by atoms with van der Waals surface area (Å²) < 4.78 is 0. The Bertz CT molecular complexity index is 468. The summed E-state index contributed by atoms with van der Waals surface area (Å²) in [5.74, 6) is 0. The van der Waals surface area contributed by atoms with Crippen molar-refractivity contribution in [3.8, 4) is 0 Å². The van der Waals surface area contributed by atoms with Gasteiger partial charge in [0.05, 0.1) is 9.93 Å². The van der Waals surface area contributed by atoms with Gasteiger partial charge >= 0.3 is 5.00 Å². The molecule has 0 unspecified atom stereocenters. The molecule has 6 nitrogen and oxygen atoms in total. The Balaban J connectivity index is 1.83. The number of rotatable bonds is 5. The van der Waals surface area contributed by atoms with E-state index in [2.05, 4.69) is 15.3 Å². The maximum absolute atomic E-state index is 10.4. The van der Waals surface area contributed by atoms with Crippen molar-refractivity contribution in [1.29, 1.82) is 0 Å². The van der Waals surface area contributed by atoms with E-state index in [0.717, 1.165) is 22.8 Å². The Morgan fingerprint density at radius 2 is 2.38 bits per heavy atom. The first kappa shape index (κ1) is 11.0. The molecule has 8 heteroatoms. The first-order valence-corrected chi connectivity index (χ1v) is 6.18. The average molecular weight is 256 g/mol. The van der Waals surface area contributed by atoms with Crippen LogP contribution in [0.25, 0.3) is 0 Å². The number of anilines is 1. The quantitative estimate of drug-likeness (QED) is 0.655. The van der Waals surface area contributed by atoms with E-state index in [-0.39, 0.29) is 5.00 Å². The van der Waals surface area contributed by atoms with Crippen LogP contribution in [-0.4, -0.2) is 21.4 Å². The second-order valence-electron chi connectivity index (χ2n) is 2.86. The zero-order chi connectivity index (χ0) is 11.4. The van der Waals surface area contributed by atoms with Gasteiger partial charge in [0, 0.05) is 24.5 Å². The molecule has 0 amide bonds. The molecular weight excluding hydrogens is 248 g/mol. The fourth-order valence-corrected chi connectivity index (χ4v) is 2.36. The molecule has 0 spiro atoms. The minimum Gasteiger partial charge on any atom is -0.361 e. The van der Waals surface area contributed by atoms with E-state index in [1.807, 2.05) is 5.38 Å². The van der Waals surface area contributed by atoms with Gasteiger partial charge in [-0.3, -0.25) is 10.1 Å². The molecule has 84 valence electrons. The smallest absolute Gasteiger partial charge is 0.345 e. The molecule has 16 heavy (non-hydrogen) atoms. The molecule has 0 aliphatic carbocycles. The lowest BCUT2D eigenvalue weighted by Crippen LogP contribution is -2.03. The standard InChI is InChI=1S/C8H8N4O2S2/c13-12(14)7-5-11-8(16-7)10-2-1-6-9-3-4-15-6/h3-5H,1-2H2,(H,10,11). The Morgan fingerprint density at radius 3 is 3.00 bits per heavy atom. The molecule has 0 saturated carbocycles. The van der Waals surface area contributed by atoms with Crippen molar-refractivity contribution in [3.05, 3.63) is 32.9 Å². The van der Waals surface area contributed by atoms with Crippen molar-refractivity contribution in [2.45, 2.75) is 6.42 Å². The van der Waals surface area contributed by atoms with Crippen LogP contribution in [0.15, 0.2) is 17.8 Å². The topological polar surface area (TPSA) is 81.0 Å². The summed E-state index contributed by atoms with van der Waals surface area (Å²) in [7, 11) is 0. The SMILES string of the molecule is O=[N+]([O-])c1cnc(NCCc2nccs2)s1. The minimum absolute atomic E-state index is 0.0525. The summed E-state index contributed by atoms with van der Waals surface area (Å²) >= 11 is 2.63. The summed E-state index contributed by atoms with van der Waals surface area (Å²) in [6.07, 6.45) is 3.82. The molecule has 2 heterocycles. The predicted molar refractivity (Wildman–Crippen MR) is 63.1 cm³/mol. The fraction of sp³-hybridized carbons (Fsp3) is 0.250. The zero-order valence-corrected chi connectivity index (χ0v) is 9.75. The van der Waals surface area contributed by atoms with Crippen molar-refractivity contribution >= 4 is 32.8 Å². The van der Waals surface area contributed by atoms with Crippen molar-refractivity contribution < 1.29 is 4.92 Å². The van der Waals surface area contributed by atoms with Gasteiger partial charge < -0.3 is 5.32 Å². The van der Waals surface area contributed by atoms with E-state index in [0.29, 0.717) is 11.7 Å². The van der Waals surface area contributed by atoms with Crippen LogP contribution in [0.4, 0.5) is 10.1 Å². The number of nitro groups is 1. The van der Waals surface area contributed by atoms with Crippen LogP contribution in [0, 0.1) is 10.1 Å². The van der Waals surface area contributed by atoms with Gasteiger partial charge in [-0.1, -0.05) is 0 Å². The lowest BCUT2D eigenvalue weighted by Gasteiger charge is -1.98. The number of nitrogens with one attached hydrogen (secondary N) is 1. The normalized spacial score (nSPS) is 10.2. The summed E-state index contributed by atoms with van der Waals surface area (Å²) in [5.41, 5.74) is 0. The van der Waals surface area contributed by atoms with Gasteiger partial charge in [-0.25, -0.2) is 9.97 Å². The maximum atomic E-state index is 10.4. The number of hydrogen-bond acceptors (Lipinski definition) is 7. The number of hydrogen-bond donors (Lipinski definition) is 1. The highest BCUT2D eigenvalue weighted by Crippen LogP contribution is 2.24. The van der Waals surface area contributed by atoms with Crippen molar-refractivity contribution in [1.82, 2.24) is 9.97 Å². The fourth-order valence-electron chi connectivity index (χ4n) is 1.08. The van der Waals surface area contributed by atoms with Crippen LogP contribution in [-0.2, 0) is 6.42 Å². The third-order valence-electron chi connectivity index (χ3n) is 1.77. The van der Waals surface area contributed by atoms with Crippen LogP contribution in [0.1, 0.15) is 5.01 Å². The Morgan fingerprint density at radius 1 is 1.50 bits per heavy atom. The molecular formula is C8H8N4O2S2. The molecule has 0 radical (unpaired) electrons. The third-order valence-corrected chi connectivity index (χ3v) is 3.52. The molecule has 2 aromatic heterocycles. The zero-order valence-electron chi connectivity index (χ0n) is 8.12. The van der Waals surface area contributed by atoms with Gasteiger partial charge in [-0.2, -0.15) is 0 Å². The van der Waals surface area contributed by atoms with Crippen molar-refractivity contribution in [2.75, 3.05) is 11.9 Å². The van der Waals surface area contributed by atoms with Gasteiger partial charge in [-0.15, -0.1) is 11.3 Å². The molecule has 0 bridgehead atoms. The lowest BCUT2D eigenvalue weighted by atomic mass is 10.4. The molecule has 2 rings (SSSR count). The van der Waals surface area contributed by atoms with Crippen LogP contribution in [0.2, 0.25) is 0 Å². The van der Waals surface area contributed by atoms with E-state index in [4.69, 9.17) is 0 Å². The summed E-state index contributed by atoms with van der Waals surface area (Å²) in [6.45, 7) is 0.679. The molecule has 1 N–H and O–H groups in total. The Kier molecular flexibility index (Phi) is 3.42. The van der Waals surface area contributed by atoms with Crippen LogP contribution < -0.4 is 5.32 Å². The van der Waals surface area contributed by atoms with Crippen molar-refractivity contribution in [3.63, 3.8) is 0 Å². The molecule has 0 aliphatic heterocycles. The highest BCUT2D eigenvalue weighted by atomic mass is 32.1. The average Bonchev–Trinajstić information content (AvgIpc) is 2.87. The first-order chi connectivity index (χ1) is 7.75. The largest absolute Gasteiger partial charge is 0.361 e. The maximum Gasteiger partial charge on any atom is 0.345 e. The predicted octanol–water partition coefficient (Wildman–Crippen LogP) is 2.16. The monoisotopic (exact) mass is 256 g/mol. The summed E-state index contributed by atoms with van der Waals surface area (Å²) in [5, 5.41) is 17.0. The van der Waals surface area contributed by atoms with Crippen LogP contribution in [0.3, 0.4) is 0 Å². The molecule has 0 fully saturated rings. The molecule has 0 aromatic carbocycles. The van der Waals surface area contributed by atoms with Crippen LogP contribution >= 0.6 is 22.7 Å². The van der Waals surface area contributed by atoms with Gasteiger partial charge in [0.1, 0.15) is 6.20 Å². The van der Waals surface area contributed by atoms with E-state index in [1.54, 1.807) is 17.5 Å². The van der Waals surface area contributed by atoms with Gasteiger partial charge in [0.15, 0.2) is 5.13 Å². The van der Waals surface area contributed by atoms with E-state index < -0.39 is 4.92 Å². The van der Waals surface area contributed by atoms with E-state index in [1.165, 1.54) is 6.20 Å². The highest BCUT2D eigenvalue weighted by Gasteiger charge is 2.10. The summed E-state index contributed by atoms with van der Waals surface area (Å²) in [6, 6.07) is 0. The highest BCUT2D eigenvalue weighted by molar-refractivity contribution is 7.18. The van der Waals surface area contributed by atoms with Crippen LogP contribution in [0.5, 0.6) is 0 Å². The lowest BCUT2D eigenvalue weighted by molar-refractivity contribution is -0.380. The number of aromatic nitrogens is 2. The van der Waals surface area contributed by atoms with E-state index >= 15 is 0 Å². The molecule has 0 atom stereocenters. The molecule has 2 aromatic rings. The second kappa shape index (κ2) is 4.99. The second-order valence-corrected chi connectivity index (χ2v) is 4.85. The van der Waals surface area contributed by atoms with Gasteiger partial charge in [-0.05, 0) is 11.3 Å². The molecule has 0 saturated heterocycles. The third kappa shape index (κ3) is 2.74. The van der Waals surface area contributed by atoms with Crippen molar-refractivity contribution in [2.24, 2.45) is 0 Å². The van der Waals surface area contributed by atoms with Gasteiger partial charge in [0.25, 0.3) is 0 Å². The van der Waals surface area contributed by atoms with Gasteiger partial charge in [0.2, 0.25) is 0 Å². The Hall–Kier alpha value is -1.54. The molecule has 0 aliphatic rings. The minimum atomic E-state index is -0.441. The van der Waals surface area contributed by atoms with E-state index in [9.17, 15) is 10.1 Å². The number of thiazole rings is 2. The number of nitrogens with zero attached hydrogens (tertiary/aromatic N) is 3. The first-order valence-electron chi connectivity index (χ1n) is 4.48. The summed E-state index contributed by atoms with van der Waals surface area (Å²) in [4.78, 5) is 18.0.